The predicted molar refractivity (Wildman–Crippen MR) is 78.0 cm³/mol. The van der Waals surface area contributed by atoms with Crippen LogP contribution in [0.2, 0.25) is 5.02 Å². The maximum Gasteiger partial charge on any atom is 0.306 e. The fourth-order valence-corrected chi connectivity index (χ4v) is 2.52. The summed E-state index contributed by atoms with van der Waals surface area (Å²) in [5.41, 5.74) is 0.844. The molecule has 1 aliphatic rings. The lowest BCUT2D eigenvalue weighted by Gasteiger charge is -2.30. The van der Waals surface area contributed by atoms with E-state index in [0.29, 0.717) is 31.0 Å². The van der Waals surface area contributed by atoms with E-state index in [-0.39, 0.29) is 25.0 Å². The van der Waals surface area contributed by atoms with E-state index in [1.54, 1.807) is 11.0 Å². The first-order valence-electron chi connectivity index (χ1n) is 6.89. The van der Waals surface area contributed by atoms with Crippen LogP contribution in [0.4, 0.5) is 0 Å². The Morgan fingerprint density at radius 2 is 1.95 bits per heavy atom. The number of amides is 1. The molecule has 0 radical (unpaired) electrons. The second kappa shape index (κ2) is 7.43. The summed E-state index contributed by atoms with van der Waals surface area (Å²) < 4.78 is 5.40. The van der Waals surface area contributed by atoms with E-state index in [2.05, 4.69) is 0 Å². The van der Waals surface area contributed by atoms with E-state index in [1.165, 1.54) is 0 Å². The molecule has 0 aromatic heterocycles. The van der Waals surface area contributed by atoms with Crippen LogP contribution >= 0.6 is 11.6 Å². The lowest BCUT2D eigenvalue weighted by molar-refractivity contribution is -0.147. The average Bonchev–Trinajstić information content (AvgIpc) is 2.49. The number of likely N-dealkylation sites (tertiary alicyclic amines) is 1. The minimum atomic E-state index is -0.780. The molecule has 1 heterocycles. The van der Waals surface area contributed by atoms with Crippen molar-refractivity contribution in [1.29, 1.82) is 0 Å². The summed E-state index contributed by atoms with van der Waals surface area (Å²) in [6, 6.07) is 7.33. The highest BCUT2D eigenvalue weighted by atomic mass is 35.5. The van der Waals surface area contributed by atoms with Crippen molar-refractivity contribution >= 4 is 23.5 Å². The zero-order valence-electron chi connectivity index (χ0n) is 11.6. The van der Waals surface area contributed by atoms with Crippen LogP contribution in [0, 0.1) is 5.92 Å². The van der Waals surface area contributed by atoms with Crippen molar-refractivity contribution in [2.24, 2.45) is 5.92 Å². The average molecular weight is 312 g/mol. The van der Waals surface area contributed by atoms with Crippen molar-refractivity contribution in [3.63, 3.8) is 0 Å². The number of carbonyl (C=O) groups excluding carboxylic acids is 1. The summed E-state index contributed by atoms with van der Waals surface area (Å²) in [5.74, 6) is -1.22. The number of benzene rings is 1. The smallest absolute Gasteiger partial charge is 0.306 e. The number of nitrogens with zero attached hydrogens (tertiary/aromatic N) is 1. The van der Waals surface area contributed by atoms with Gasteiger partial charge in [-0.1, -0.05) is 29.8 Å². The number of carboxylic acid groups (broad SMARTS) is 1. The Morgan fingerprint density at radius 3 is 2.57 bits per heavy atom. The van der Waals surface area contributed by atoms with Crippen molar-refractivity contribution in [2.75, 3.05) is 19.7 Å². The van der Waals surface area contributed by atoms with Crippen LogP contribution < -0.4 is 0 Å². The van der Waals surface area contributed by atoms with Crippen LogP contribution in [0.25, 0.3) is 0 Å². The number of aliphatic carboxylic acids is 1. The largest absolute Gasteiger partial charge is 0.481 e. The number of hydrogen-bond donors (Lipinski definition) is 1. The fraction of sp³-hybridized carbons (Fsp3) is 0.467. The maximum atomic E-state index is 12.0. The molecule has 1 saturated heterocycles. The summed E-state index contributed by atoms with van der Waals surface area (Å²) in [6.45, 7) is 1.23. The molecule has 1 fully saturated rings. The summed E-state index contributed by atoms with van der Waals surface area (Å²) in [4.78, 5) is 24.5. The van der Waals surface area contributed by atoms with Gasteiger partial charge in [0.15, 0.2) is 0 Å². The zero-order chi connectivity index (χ0) is 15.2. The van der Waals surface area contributed by atoms with Gasteiger partial charge >= 0.3 is 5.97 Å². The molecular weight excluding hydrogens is 294 g/mol. The van der Waals surface area contributed by atoms with Crippen molar-refractivity contribution in [3.05, 3.63) is 34.9 Å². The molecule has 1 aliphatic heterocycles. The third kappa shape index (κ3) is 4.44. The molecule has 1 amide bonds. The van der Waals surface area contributed by atoms with Gasteiger partial charge in [0.1, 0.15) is 6.61 Å². The number of rotatable bonds is 5. The van der Waals surface area contributed by atoms with Crippen LogP contribution in [0.15, 0.2) is 24.3 Å². The first-order valence-corrected chi connectivity index (χ1v) is 7.27. The standard InChI is InChI=1S/C15H18ClNO4/c16-13-4-2-1-3-12(13)9-21-10-14(18)17-7-5-11(6-8-17)15(19)20/h1-4,11H,5-10H2,(H,19,20). The highest BCUT2D eigenvalue weighted by Crippen LogP contribution is 2.18. The van der Waals surface area contributed by atoms with Crippen LogP contribution in [-0.2, 0) is 20.9 Å². The lowest BCUT2D eigenvalue weighted by atomic mass is 9.97. The molecule has 0 saturated carbocycles. The minimum absolute atomic E-state index is 0.0110. The highest BCUT2D eigenvalue weighted by molar-refractivity contribution is 6.31. The molecule has 21 heavy (non-hydrogen) atoms. The number of hydrogen-bond acceptors (Lipinski definition) is 3. The SMILES string of the molecule is O=C(O)C1CCN(C(=O)COCc2ccccc2Cl)CC1. The predicted octanol–water partition coefficient (Wildman–Crippen LogP) is 2.18. The van der Waals surface area contributed by atoms with Crippen molar-refractivity contribution < 1.29 is 19.4 Å². The molecule has 2 rings (SSSR count). The summed E-state index contributed by atoms with van der Waals surface area (Å²) in [6.07, 6.45) is 1.01. The van der Waals surface area contributed by atoms with E-state index in [1.807, 2.05) is 18.2 Å². The van der Waals surface area contributed by atoms with Gasteiger partial charge in [0, 0.05) is 18.1 Å². The molecule has 0 atom stereocenters. The molecule has 1 aromatic rings. The molecule has 5 nitrogen and oxygen atoms in total. The van der Waals surface area contributed by atoms with Gasteiger partial charge in [-0.2, -0.15) is 0 Å². The normalized spacial score (nSPS) is 16.0. The van der Waals surface area contributed by atoms with Gasteiger partial charge in [0.2, 0.25) is 5.91 Å². The summed E-state index contributed by atoms with van der Waals surface area (Å²) in [5, 5.41) is 9.53. The highest BCUT2D eigenvalue weighted by Gasteiger charge is 2.26. The van der Waals surface area contributed by atoms with E-state index in [9.17, 15) is 9.59 Å². The number of piperidine rings is 1. The zero-order valence-corrected chi connectivity index (χ0v) is 12.4. The van der Waals surface area contributed by atoms with Crippen LogP contribution in [-0.4, -0.2) is 41.6 Å². The van der Waals surface area contributed by atoms with Crippen molar-refractivity contribution in [3.8, 4) is 0 Å². The van der Waals surface area contributed by atoms with Gasteiger partial charge < -0.3 is 14.7 Å². The molecule has 0 spiro atoms. The van der Waals surface area contributed by atoms with Crippen molar-refractivity contribution in [1.82, 2.24) is 4.90 Å². The Bertz CT molecular complexity index is 512. The van der Waals surface area contributed by atoms with Gasteiger partial charge in [-0.05, 0) is 24.5 Å². The van der Waals surface area contributed by atoms with Gasteiger partial charge in [0.05, 0.1) is 12.5 Å². The maximum absolute atomic E-state index is 12.0. The van der Waals surface area contributed by atoms with Gasteiger partial charge in [-0.3, -0.25) is 9.59 Å². The Morgan fingerprint density at radius 1 is 1.29 bits per heavy atom. The molecular formula is C15H18ClNO4. The van der Waals surface area contributed by atoms with Gasteiger partial charge in [-0.25, -0.2) is 0 Å². The second-order valence-electron chi connectivity index (χ2n) is 5.08. The second-order valence-corrected chi connectivity index (χ2v) is 5.48. The van der Waals surface area contributed by atoms with E-state index in [4.69, 9.17) is 21.4 Å². The number of halogens is 1. The quantitative estimate of drug-likeness (QED) is 0.905. The molecule has 0 bridgehead atoms. The van der Waals surface area contributed by atoms with E-state index < -0.39 is 5.97 Å². The number of ether oxygens (including phenoxy) is 1. The third-order valence-electron chi connectivity index (χ3n) is 3.64. The minimum Gasteiger partial charge on any atom is -0.481 e. The third-order valence-corrected chi connectivity index (χ3v) is 4.01. The van der Waals surface area contributed by atoms with Gasteiger partial charge in [0.25, 0.3) is 0 Å². The number of carbonyl (C=O) groups is 2. The van der Waals surface area contributed by atoms with Crippen molar-refractivity contribution in [2.45, 2.75) is 19.4 Å². The Balaban J connectivity index is 1.73. The van der Waals surface area contributed by atoms with Crippen LogP contribution in [0.1, 0.15) is 18.4 Å². The number of carboxylic acids is 1. The Hall–Kier alpha value is -1.59. The van der Waals surface area contributed by atoms with Crippen LogP contribution in [0.3, 0.4) is 0 Å². The Kier molecular flexibility index (Phi) is 5.59. The Labute approximate surface area is 128 Å². The topological polar surface area (TPSA) is 66.8 Å². The molecule has 0 aliphatic carbocycles. The molecule has 1 N–H and O–H groups in total. The van der Waals surface area contributed by atoms with E-state index in [0.717, 1.165) is 5.56 Å². The van der Waals surface area contributed by atoms with Gasteiger partial charge in [-0.15, -0.1) is 0 Å². The molecule has 1 aromatic carbocycles. The van der Waals surface area contributed by atoms with E-state index >= 15 is 0 Å². The van der Waals surface area contributed by atoms with Crippen LogP contribution in [0.5, 0.6) is 0 Å². The monoisotopic (exact) mass is 311 g/mol. The summed E-state index contributed by atoms with van der Waals surface area (Å²) in [7, 11) is 0. The molecule has 6 heteroatoms. The molecule has 0 unspecified atom stereocenters. The molecule has 114 valence electrons. The summed E-state index contributed by atoms with van der Waals surface area (Å²) >= 11 is 6.00. The first-order chi connectivity index (χ1) is 10.1. The fourth-order valence-electron chi connectivity index (χ4n) is 2.33. The first kappa shape index (κ1) is 15.8. The lowest BCUT2D eigenvalue weighted by Crippen LogP contribution is -2.41.